The van der Waals surface area contributed by atoms with Gasteiger partial charge in [-0.3, -0.25) is 4.79 Å². The zero-order chi connectivity index (χ0) is 14.9. The molecular weight excluding hydrogens is 339 g/mol. The van der Waals surface area contributed by atoms with Gasteiger partial charge in [0.1, 0.15) is 0 Å². The predicted octanol–water partition coefficient (Wildman–Crippen LogP) is 3.06. The summed E-state index contributed by atoms with van der Waals surface area (Å²) >= 11 is 2.84. The van der Waals surface area contributed by atoms with Gasteiger partial charge in [0.05, 0.1) is 18.2 Å². The predicted molar refractivity (Wildman–Crippen MR) is 70.3 cm³/mol. The molecular formula is C13H13BrF3NO2. The summed E-state index contributed by atoms with van der Waals surface area (Å²) in [4.78, 5) is 13.7. The smallest absolute Gasteiger partial charge is 0.394 e. The highest BCUT2D eigenvalue weighted by Crippen LogP contribution is 2.35. The first-order valence-electron chi connectivity index (χ1n) is 6.13. The number of amides is 1. The van der Waals surface area contributed by atoms with Crippen molar-refractivity contribution in [1.82, 2.24) is 4.90 Å². The Morgan fingerprint density at radius 2 is 2.15 bits per heavy atom. The molecule has 1 amide bonds. The van der Waals surface area contributed by atoms with E-state index in [9.17, 15) is 23.1 Å². The van der Waals surface area contributed by atoms with Gasteiger partial charge in [-0.15, -0.1) is 0 Å². The molecule has 1 atom stereocenters. The van der Waals surface area contributed by atoms with Crippen LogP contribution in [0.3, 0.4) is 0 Å². The van der Waals surface area contributed by atoms with Gasteiger partial charge in [0.2, 0.25) is 0 Å². The fourth-order valence-electron chi connectivity index (χ4n) is 2.33. The normalized spacial score (nSPS) is 19.4. The van der Waals surface area contributed by atoms with Gasteiger partial charge in [-0.2, -0.15) is 13.2 Å². The highest BCUT2D eigenvalue weighted by atomic mass is 79.9. The lowest BCUT2D eigenvalue weighted by Gasteiger charge is -2.23. The largest absolute Gasteiger partial charge is 0.417 e. The van der Waals surface area contributed by atoms with Crippen molar-refractivity contribution in [1.29, 1.82) is 0 Å². The Bertz CT molecular complexity index is 519. The maximum Gasteiger partial charge on any atom is 0.417 e. The van der Waals surface area contributed by atoms with Gasteiger partial charge < -0.3 is 10.0 Å². The number of hydrogen-bond donors (Lipinski definition) is 1. The molecule has 0 bridgehead atoms. The quantitative estimate of drug-likeness (QED) is 0.889. The van der Waals surface area contributed by atoms with E-state index in [0.717, 1.165) is 12.5 Å². The summed E-state index contributed by atoms with van der Waals surface area (Å²) in [6.07, 6.45) is -3.10. The molecule has 110 valence electrons. The fourth-order valence-corrected chi connectivity index (χ4v) is 2.81. The average Bonchev–Trinajstić information content (AvgIpc) is 2.85. The molecule has 0 spiro atoms. The minimum atomic E-state index is -4.52. The highest BCUT2D eigenvalue weighted by Gasteiger charge is 2.35. The number of rotatable bonds is 2. The second kappa shape index (κ2) is 5.73. The third-order valence-electron chi connectivity index (χ3n) is 3.37. The third-order valence-corrected chi connectivity index (χ3v) is 4.06. The van der Waals surface area contributed by atoms with E-state index in [0.29, 0.717) is 13.0 Å². The number of aliphatic hydroxyl groups excluding tert-OH is 1. The van der Waals surface area contributed by atoms with E-state index in [1.165, 1.54) is 17.0 Å². The van der Waals surface area contributed by atoms with Crippen LogP contribution in [0.1, 0.15) is 28.8 Å². The summed E-state index contributed by atoms with van der Waals surface area (Å²) in [5, 5.41) is 9.18. The van der Waals surface area contributed by atoms with Crippen molar-refractivity contribution in [3.8, 4) is 0 Å². The minimum absolute atomic E-state index is 0.0131. The van der Waals surface area contributed by atoms with Crippen LogP contribution in [0.5, 0.6) is 0 Å². The number of aliphatic hydroxyl groups is 1. The Morgan fingerprint density at radius 3 is 2.75 bits per heavy atom. The Labute approximate surface area is 122 Å². The molecule has 1 aromatic rings. The molecule has 1 aromatic carbocycles. The fraction of sp³-hybridized carbons (Fsp3) is 0.462. The van der Waals surface area contributed by atoms with Crippen LogP contribution in [0.2, 0.25) is 0 Å². The van der Waals surface area contributed by atoms with E-state index < -0.39 is 17.6 Å². The lowest BCUT2D eigenvalue weighted by molar-refractivity contribution is -0.138. The van der Waals surface area contributed by atoms with Crippen LogP contribution in [0.4, 0.5) is 13.2 Å². The number of alkyl halides is 3. The molecule has 2 rings (SSSR count). The van der Waals surface area contributed by atoms with Crippen molar-refractivity contribution < 1.29 is 23.1 Å². The standard InChI is InChI=1S/C13H13BrF3NO2/c14-11-4-3-8(6-10(11)13(15,16)17)12(20)18-5-1-2-9(18)7-19/h3-4,6,9,19H,1-2,5,7H2/t9-/m0/s1. The second-order valence-corrected chi connectivity index (χ2v) is 5.52. The summed E-state index contributed by atoms with van der Waals surface area (Å²) in [6, 6.07) is 3.12. The first kappa shape index (κ1) is 15.3. The van der Waals surface area contributed by atoms with Crippen molar-refractivity contribution in [2.75, 3.05) is 13.2 Å². The van der Waals surface area contributed by atoms with Gasteiger partial charge >= 0.3 is 6.18 Å². The summed E-state index contributed by atoms with van der Waals surface area (Å²) in [6.45, 7) is 0.288. The number of likely N-dealkylation sites (tertiary alicyclic amines) is 1. The number of carbonyl (C=O) groups excluding carboxylic acids is 1. The molecule has 7 heteroatoms. The lowest BCUT2D eigenvalue weighted by atomic mass is 10.1. The molecule has 1 aliphatic rings. The molecule has 0 unspecified atom stereocenters. The number of benzene rings is 1. The number of nitrogens with zero attached hydrogens (tertiary/aromatic N) is 1. The highest BCUT2D eigenvalue weighted by molar-refractivity contribution is 9.10. The van der Waals surface area contributed by atoms with Crippen molar-refractivity contribution in [2.45, 2.75) is 25.1 Å². The van der Waals surface area contributed by atoms with Crippen LogP contribution < -0.4 is 0 Å². The molecule has 0 radical (unpaired) electrons. The van der Waals surface area contributed by atoms with Gasteiger partial charge in [-0.05, 0) is 31.0 Å². The first-order chi connectivity index (χ1) is 9.34. The van der Waals surface area contributed by atoms with Crippen LogP contribution in [-0.2, 0) is 6.18 Å². The van der Waals surface area contributed by atoms with Gasteiger partial charge in [0.25, 0.3) is 5.91 Å². The molecule has 0 aliphatic carbocycles. The molecule has 1 N–H and O–H groups in total. The Balaban J connectivity index is 2.31. The molecule has 20 heavy (non-hydrogen) atoms. The topological polar surface area (TPSA) is 40.5 Å². The monoisotopic (exact) mass is 351 g/mol. The lowest BCUT2D eigenvalue weighted by Crippen LogP contribution is -2.37. The maximum absolute atomic E-state index is 12.8. The summed E-state index contributed by atoms with van der Waals surface area (Å²) in [5.74, 6) is -0.473. The van der Waals surface area contributed by atoms with Gasteiger partial charge in [-0.1, -0.05) is 15.9 Å². The van der Waals surface area contributed by atoms with Gasteiger partial charge in [-0.25, -0.2) is 0 Å². The average molecular weight is 352 g/mol. The first-order valence-corrected chi connectivity index (χ1v) is 6.92. The molecule has 1 aliphatic heterocycles. The zero-order valence-electron chi connectivity index (χ0n) is 10.5. The molecule has 1 saturated heterocycles. The van der Waals surface area contributed by atoms with E-state index in [4.69, 9.17) is 0 Å². The summed E-state index contributed by atoms with van der Waals surface area (Å²) < 4.78 is 38.4. The van der Waals surface area contributed by atoms with E-state index in [1.807, 2.05) is 0 Å². The van der Waals surface area contributed by atoms with Crippen molar-refractivity contribution in [2.24, 2.45) is 0 Å². The Morgan fingerprint density at radius 1 is 1.45 bits per heavy atom. The maximum atomic E-state index is 12.8. The number of halogens is 4. The van der Waals surface area contributed by atoms with Crippen LogP contribution >= 0.6 is 15.9 Å². The minimum Gasteiger partial charge on any atom is -0.394 e. The van der Waals surface area contributed by atoms with Crippen LogP contribution in [0, 0.1) is 0 Å². The summed E-state index contributed by atoms with van der Waals surface area (Å²) in [5.41, 5.74) is -0.885. The number of hydrogen-bond acceptors (Lipinski definition) is 2. The molecule has 3 nitrogen and oxygen atoms in total. The van der Waals surface area contributed by atoms with Crippen LogP contribution in [0.15, 0.2) is 22.7 Å². The number of carbonyl (C=O) groups is 1. The second-order valence-electron chi connectivity index (χ2n) is 4.67. The van der Waals surface area contributed by atoms with E-state index >= 15 is 0 Å². The summed E-state index contributed by atoms with van der Waals surface area (Å²) in [7, 11) is 0. The molecule has 0 aromatic heterocycles. The van der Waals surface area contributed by atoms with E-state index in [-0.39, 0.29) is 22.7 Å². The van der Waals surface area contributed by atoms with Crippen LogP contribution in [-0.4, -0.2) is 35.1 Å². The molecule has 1 fully saturated rings. The SMILES string of the molecule is O=C(c1ccc(Br)c(C(F)(F)F)c1)N1CCC[C@H]1CO. The third kappa shape index (κ3) is 2.98. The van der Waals surface area contributed by atoms with E-state index in [1.54, 1.807) is 0 Å². The molecule has 1 heterocycles. The van der Waals surface area contributed by atoms with E-state index in [2.05, 4.69) is 15.9 Å². The van der Waals surface area contributed by atoms with Gasteiger partial charge in [0, 0.05) is 16.6 Å². The van der Waals surface area contributed by atoms with Gasteiger partial charge in [0.15, 0.2) is 0 Å². The van der Waals surface area contributed by atoms with Crippen LogP contribution in [0.25, 0.3) is 0 Å². The Kier molecular flexibility index (Phi) is 4.39. The van der Waals surface area contributed by atoms with Crippen molar-refractivity contribution in [3.63, 3.8) is 0 Å². The molecule has 0 saturated carbocycles. The Hall–Kier alpha value is -1.08. The van der Waals surface area contributed by atoms with Crippen molar-refractivity contribution in [3.05, 3.63) is 33.8 Å². The van der Waals surface area contributed by atoms with Crippen molar-refractivity contribution >= 4 is 21.8 Å². The zero-order valence-corrected chi connectivity index (χ0v) is 12.0.